The van der Waals surface area contributed by atoms with Crippen molar-refractivity contribution in [2.24, 2.45) is 5.92 Å². The number of halogens is 2. The minimum Gasteiger partial charge on any atom is -0.353 e. The molecule has 1 aromatic rings. The maximum Gasteiger partial charge on any atom is 0.228 e. The summed E-state index contributed by atoms with van der Waals surface area (Å²) in [7, 11) is 0. The largest absolute Gasteiger partial charge is 0.353 e. The molecule has 2 unspecified atom stereocenters. The van der Waals surface area contributed by atoms with E-state index < -0.39 is 0 Å². The second kappa shape index (κ2) is 10.9. The molecule has 1 aliphatic heterocycles. The van der Waals surface area contributed by atoms with Gasteiger partial charge < -0.3 is 16.0 Å². The Labute approximate surface area is 159 Å². The van der Waals surface area contributed by atoms with E-state index in [0.29, 0.717) is 16.9 Å². The highest BCUT2D eigenvalue weighted by molar-refractivity contribution is 7.13. The number of carbonyl (C=O) groups excluding carboxylic acids is 2. The van der Waals surface area contributed by atoms with Gasteiger partial charge in [-0.1, -0.05) is 13.8 Å². The average Bonchev–Trinajstić information content (AvgIpc) is 2.85. The third-order valence-electron chi connectivity index (χ3n) is 3.64. The Morgan fingerprint density at radius 2 is 2.12 bits per heavy atom. The van der Waals surface area contributed by atoms with Gasteiger partial charge in [-0.15, -0.1) is 36.2 Å². The van der Waals surface area contributed by atoms with Gasteiger partial charge in [0, 0.05) is 23.4 Å². The van der Waals surface area contributed by atoms with Crippen molar-refractivity contribution in [2.45, 2.75) is 52.1 Å². The summed E-state index contributed by atoms with van der Waals surface area (Å²) in [4.78, 5) is 28.0. The quantitative estimate of drug-likeness (QED) is 0.713. The summed E-state index contributed by atoms with van der Waals surface area (Å²) in [6.07, 6.45) is 2.17. The van der Waals surface area contributed by atoms with E-state index in [2.05, 4.69) is 27.9 Å². The van der Waals surface area contributed by atoms with Crippen molar-refractivity contribution >= 4 is 53.1 Å². The molecule has 24 heavy (non-hydrogen) atoms. The molecule has 9 heteroatoms. The predicted octanol–water partition coefficient (Wildman–Crippen LogP) is 2.38. The summed E-state index contributed by atoms with van der Waals surface area (Å²) in [6.45, 7) is 6.73. The normalized spacial score (nSPS) is 19.8. The van der Waals surface area contributed by atoms with Crippen LogP contribution in [0.1, 0.15) is 39.3 Å². The van der Waals surface area contributed by atoms with Crippen LogP contribution >= 0.6 is 36.2 Å². The maximum atomic E-state index is 12.1. The number of carbonyl (C=O) groups is 2. The topological polar surface area (TPSA) is 83.1 Å². The van der Waals surface area contributed by atoms with E-state index >= 15 is 0 Å². The summed E-state index contributed by atoms with van der Waals surface area (Å²) in [5, 5.41) is 11.6. The number of rotatable bonds is 5. The van der Waals surface area contributed by atoms with Crippen LogP contribution < -0.4 is 16.0 Å². The molecule has 1 saturated heterocycles. The van der Waals surface area contributed by atoms with E-state index in [1.165, 1.54) is 11.3 Å². The van der Waals surface area contributed by atoms with Gasteiger partial charge in [-0.2, -0.15) is 0 Å². The second-order valence-corrected chi connectivity index (χ2v) is 6.97. The number of piperidine rings is 1. The number of anilines is 1. The fourth-order valence-corrected chi connectivity index (χ4v) is 3.11. The first-order valence-electron chi connectivity index (χ1n) is 7.72. The molecule has 1 aromatic heterocycles. The van der Waals surface area contributed by atoms with Gasteiger partial charge in [0.2, 0.25) is 11.8 Å². The van der Waals surface area contributed by atoms with Gasteiger partial charge in [-0.05, 0) is 26.3 Å². The third kappa shape index (κ3) is 7.34. The first kappa shape index (κ1) is 23.1. The van der Waals surface area contributed by atoms with Crippen molar-refractivity contribution in [3.8, 4) is 0 Å². The molecule has 3 N–H and O–H groups in total. The van der Waals surface area contributed by atoms with E-state index in [1.54, 1.807) is 0 Å². The lowest BCUT2D eigenvalue weighted by atomic mass is 10.0. The molecule has 6 nitrogen and oxygen atoms in total. The number of nitrogens with one attached hydrogen (secondary N) is 3. The first-order chi connectivity index (χ1) is 10.4. The van der Waals surface area contributed by atoms with Gasteiger partial charge in [0.05, 0.1) is 12.1 Å². The molecule has 2 heterocycles. The predicted molar refractivity (Wildman–Crippen MR) is 102 cm³/mol. The Kier molecular flexibility index (Phi) is 10.5. The van der Waals surface area contributed by atoms with E-state index in [9.17, 15) is 9.59 Å². The summed E-state index contributed by atoms with van der Waals surface area (Å²) in [5.74, 6) is -0.155. The van der Waals surface area contributed by atoms with Gasteiger partial charge in [-0.25, -0.2) is 4.98 Å². The Balaban J connectivity index is 0.00000264. The molecule has 2 atom stereocenters. The minimum atomic E-state index is -0.0856. The molecule has 1 fully saturated rings. The SMILES string of the molecule is CC1CC(NC(=O)Cc2csc(NC(=O)C(C)C)n2)CCN1.Cl.Cl. The summed E-state index contributed by atoms with van der Waals surface area (Å²) < 4.78 is 0. The third-order valence-corrected chi connectivity index (χ3v) is 4.44. The zero-order valence-corrected chi connectivity index (χ0v) is 16.6. The Morgan fingerprint density at radius 1 is 1.42 bits per heavy atom. The fourth-order valence-electron chi connectivity index (χ4n) is 2.40. The summed E-state index contributed by atoms with van der Waals surface area (Å²) in [6, 6.07) is 0.679. The van der Waals surface area contributed by atoms with E-state index in [4.69, 9.17) is 0 Å². The summed E-state index contributed by atoms with van der Waals surface area (Å²) in [5.41, 5.74) is 0.698. The Morgan fingerprint density at radius 3 is 2.75 bits per heavy atom. The van der Waals surface area contributed by atoms with Crippen LogP contribution in [0.3, 0.4) is 0 Å². The van der Waals surface area contributed by atoms with Crippen LogP contribution in [0.2, 0.25) is 0 Å². The number of hydrogen-bond donors (Lipinski definition) is 3. The van der Waals surface area contributed by atoms with Gasteiger partial charge in [0.25, 0.3) is 0 Å². The molecule has 0 bridgehead atoms. The van der Waals surface area contributed by atoms with Crippen LogP contribution in [-0.4, -0.2) is 35.4 Å². The lowest BCUT2D eigenvalue weighted by Crippen LogP contribution is -2.46. The molecule has 0 aromatic carbocycles. The van der Waals surface area contributed by atoms with Gasteiger partial charge in [0.15, 0.2) is 5.13 Å². The molecule has 0 spiro atoms. The molecular formula is C15H26Cl2N4O2S. The fraction of sp³-hybridized carbons (Fsp3) is 0.667. The van der Waals surface area contributed by atoms with Gasteiger partial charge >= 0.3 is 0 Å². The smallest absolute Gasteiger partial charge is 0.228 e. The first-order valence-corrected chi connectivity index (χ1v) is 8.60. The van der Waals surface area contributed by atoms with E-state index in [0.717, 1.165) is 19.4 Å². The van der Waals surface area contributed by atoms with Crippen molar-refractivity contribution in [1.82, 2.24) is 15.6 Å². The van der Waals surface area contributed by atoms with E-state index in [1.807, 2.05) is 19.2 Å². The number of aromatic nitrogens is 1. The van der Waals surface area contributed by atoms with Crippen molar-refractivity contribution in [3.05, 3.63) is 11.1 Å². The van der Waals surface area contributed by atoms with Crippen LogP contribution in [0.4, 0.5) is 5.13 Å². The minimum absolute atomic E-state index is 0. The number of hydrogen-bond acceptors (Lipinski definition) is 5. The molecule has 0 radical (unpaired) electrons. The van der Waals surface area contributed by atoms with Crippen LogP contribution in [0.15, 0.2) is 5.38 Å². The van der Waals surface area contributed by atoms with Crippen LogP contribution in [0.5, 0.6) is 0 Å². The maximum absolute atomic E-state index is 12.1. The number of nitrogens with zero attached hydrogens (tertiary/aromatic N) is 1. The monoisotopic (exact) mass is 396 g/mol. The molecule has 2 amide bonds. The summed E-state index contributed by atoms with van der Waals surface area (Å²) >= 11 is 1.35. The molecule has 2 rings (SSSR count). The molecule has 1 aliphatic rings. The highest BCUT2D eigenvalue weighted by atomic mass is 35.5. The van der Waals surface area contributed by atoms with Crippen molar-refractivity contribution < 1.29 is 9.59 Å². The lowest BCUT2D eigenvalue weighted by Gasteiger charge is -2.28. The molecular weight excluding hydrogens is 371 g/mol. The van der Waals surface area contributed by atoms with Crippen molar-refractivity contribution in [1.29, 1.82) is 0 Å². The van der Waals surface area contributed by atoms with Gasteiger partial charge in [0.1, 0.15) is 0 Å². The van der Waals surface area contributed by atoms with Crippen LogP contribution in [-0.2, 0) is 16.0 Å². The van der Waals surface area contributed by atoms with Crippen LogP contribution in [0, 0.1) is 5.92 Å². The number of thiazole rings is 1. The standard InChI is InChI=1S/C15H24N4O2S.2ClH/c1-9(2)14(21)19-15-18-12(8-22-15)7-13(20)17-11-4-5-16-10(3)6-11;;/h8-11,16H,4-7H2,1-3H3,(H,17,20)(H,18,19,21);2*1H. The van der Waals surface area contributed by atoms with Crippen LogP contribution in [0.25, 0.3) is 0 Å². The average molecular weight is 397 g/mol. The lowest BCUT2D eigenvalue weighted by molar-refractivity contribution is -0.121. The highest BCUT2D eigenvalue weighted by Crippen LogP contribution is 2.17. The zero-order valence-electron chi connectivity index (χ0n) is 14.1. The van der Waals surface area contributed by atoms with E-state index in [-0.39, 0.29) is 55.0 Å². The highest BCUT2D eigenvalue weighted by Gasteiger charge is 2.20. The number of amides is 2. The second-order valence-electron chi connectivity index (χ2n) is 6.11. The van der Waals surface area contributed by atoms with Gasteiger partial charge in [-0.3, -0.25) is 9.59 Å². The molecule has 0 aliphatic carbocycles. The Hall–Kier alpha value is -0.890. The molecule has 0 saturated carbocycles. The van der Waals surface area contributed by atoms with Crippen molar-refractivity contribution in [2.75, 3.05) is 11.9 Å². The Bertz CT molecular complexity index is 539. The zero-order chi connectivity index (χ0) is 16.1. The molecule has 138 valence electrons. The van der Waals surface area contributed by atoms with Crippen molar-refractivity contribution in [3.63, 3.8) is 0 Å².